The van der Waals surface area contributed by atoms with E-state index in [1.807, 2.05) is 37.3 Å². The number of aromatic nitrogens is 2. The highest BCUT2D eigenvalue weighted by Crippen LogP contribution is 2.27. The second kappa shape index (κ2) is 8.12. The molecule has 28 heavy (non-hydrogen) atoms. The summed E-state index contributed by atoms with van der Waals surface area (Å²) in [6.07, 6.45) is 3.11. The number of rotatable bonds is 4. The van der Waals surface area contributed by atoms with E-state index in [1.54, 1.807) is 6.07 Å². The molecule has 0 spiro atoms. The summed E-state index contributed by atoms with van der Waals surface area (Å²) in [5.74, 6) is 0.0510. The standard InChI is InChI=1S/C21H20ClN3O3/c1-13-5-6-16-18(24-13)3-2-4-19(16)25-20(26)14-11-17(22)21(23-12-14)28-15-7-9-27-10-8-15/h2-6,11-12,15H,7-10H2,1H3,(H,25,26). The molecule has 1 fully saturated rings. The van der Waals surface area contributed by atoms with Crippen molar-refractivity contribution in [3.8, 4) is 5.88 Å². The summed E-state index contributed by atoms with van der Waals surface area (Å²) in [4.78, 5) is 21.4. The molecular weight excluding hydrogens is 378 g/mol. The van der Waals surface area contributed by atoms with Crippen molar-refractivity contribution in [2.75, 3.05) is 18.5 Å². The predicted octanol–water partition coefficient (Wildman–Crippen LogP) is 4.40. The highest BCUT2D eigenvalue weighted by molar-refractivity contribution is 6.32. The zero-order chi connectivity index (χ0) is 19.5. The van der Waals surface area contributed by atoms with Crippen LogP contribution in [-0.2, 0) is 4.74 Å². The van der Waals surface area contributed by atoms with Gasteiger partial charge in [-0.25, -0.2) is 4.98 Å². The molecule has 0 saturated carbocycles. The molecule has 3 heterocycles. The third kappa shape index (κ3) is 4.08. The third-order valence-corrected chi connectivity index (χ3v) is 4.91. The van der Waals surface area contributed by atoms with E-state index in [4.69, 9.17) is 21.1 Å². The van der Waals surface area contributed by atoms with Gasteiger partial charge in [0.1, 0.15) is 11.1 Å². The molecule has 1 N–H and O–H groups in total. The molecule has 1 aliphatic rings. The monoisotopic (exact) mass is 397 g/mol. The lowest BCUT2D eigenvalue weighted by atomic mass is 10.1. The molecule has 0 radical (unpaired) electrons. The van der Waals surface area contributed by atoms with E-state index in [0.29, 0.717) is 35.4 Å². The lowest BCUT2D eigenvalue weighted by molar-refractivity contribution is 0.0238. The number of hydrogen-bond donors (Lipinski definition) is 1. The predicted molar refractivity (Wildman–Crippen MR) is 108 cm³/mol. The molecule has 0 bridgehead atoms. The summed E-state index contributed by atoms with van der Waals surface area (Å²) in [5, 5.41) is 4.10. The lowest BCUT2D eigenvalue weighted by Crippen LogP contribution is -2.26. The molecule has 144 valence electrons. The fourth-order valence-corrected chi connectivity index (χ4v) is 3.36. The van der Waals surface area contributed by atoms with Gasteiger partial charge in [-0.2, -0.15) is 0 Å². The normalized spacial score (nSPS) is 14.8. The van der Waals surface area contributed by atoms with E-state index in [2.05, 4.69) is 15.3 Å². The van der Waals surface area contributed by atoms with Crippen LogP contribution in [0, 0.1) is 6.92 Å². The van der Waals surface area contributed by atoms with E-state index in [0.717, 1.165) is 29.4 Å². The van der Waals surface area contributed by atoms with Crippen molar-refractivity contribution in [3.63, 3.8) is 0 Å². The van der Waals surface area contributed by atoms with E-state index in [-0.39, 0.29) is 12.0 Å². The van der Waals surface area contributed by atoms with Crippen molar-refractivity contribution < 1.29 is 14.3 Å². The van der Waals surface area contributed by atoms with Crippen LogP contribution in [0.3, 0.4) is 0 Å². The Hall–Kier alpha value is -2.70. The van der Waals surface area contributed by atoms with Crippen molar-refractivity contribution >= 4 is 34.1 Å². The van der Waals surface area contributed by atoms with Gasteiger partial charge < -0.3 is 14.8 Å². The van der Waals surface area contributed by atoms with Crippen molar-refractivity contribution in [1.82, 2.24) is 9.97 Å². The molecule has 4 rings (SSSR count). The SMILES string of the molecule is Cc1ccc2c(NC(=O)c3cnc(OC4CCOCC4)c(Cl)c3)cccc2n1. The highest BCUT2D eigenvalue weighted by atomic mass is 35.5. The van der Waals surface area contributed by atoms with Crippen LogP contribution in [0.15, 0.2) is 42.6 Å². The first-order valence-corrected chi connectivity index (χ1v) is 9.55. The quantitative estimate of drug-likeness (QED) is 0.706. The number of benzene rings is 1. The Morgan fingerprint density at radius 1 is 1.25 bits per heavy atom. The minimum absolute atomic E-state index is 0.0325. The molecular formula is C21H20ClN3O3. The Morgan fingerprint density at radius 3 is 2.86 bits per heavy atom. The molecule has 6 nitrogen and oxygen atoms in total. The zero-order valence-corrected chi connectivity index (χ0v) is 16.2. The van der Waals surface area contributed by atoms with Crippen molar-refractivity contribution in [3.05, 3.63) is 58.9 Å². The fourth-order valence-electron chi connectivity index (χ4n) is 3.15. The third-order valence-electron chi connectivity index (χ3n) is 4.64. The van der Waals surface area contributed by atoms with E-state index in [1.165, 1.54) is 6.20 Å². The molecule has 1 amide bonds. The van der Waals surface area contributed by atoms with Crippen LogP contribution >= 0.6 is 11.6 Å². The molecule has 0 unspecified atom stereocenters. The van der Waals surface area contributed by atoms with Gasteiger partial charge in [0.25, 0.3) is 5.91 Å². The first-order chi connectivity index (χ1) is 13.6. The van der Waals surface area contributed by atoms with Crippen LogP contribution in [0.5, 0.6) is 5.88 Å². The van der Waals surface area contributed by atoms with Gasteiger partial charge in [0, 0.05) is 30.1 Å². The summed E-state index contributed by atoms with van der Waals surface area (Å²) in [6.45, 7) is 3.27. The number of nitrogens with one attached hydrogen (secondary N) is 1. The van der Waals surface area contributed by atoms with Gasteiger partial charge in [-0.3, -0.25) is 9.78 Å². The average Bonchev–Trinajstić information content (AvgIpc) is 2.70. The summed E-state index contributed by atoms with van der Waals surface area (Å²) in [5.41, 5.74) is 2.80. The molecule has 2 aromatic heterocycles. The van der Waals surface area contributed by atoms with Gasteiger partial charge in [-0.05, 0) is 37.3 Å². The molecule has 1 aliphatic heterocycles. The van der Waals surface area contributed by atoms with Gasteiger partial charge in [-0.15, -0.1) is 0 Å². The van der Waals surface area contributed by atoms with Crippen LogP contribution in [0.2, 0.25) is 5.02 Å². The number of ether oxygens (including phenoxy) is 2. The smallest absolute Gasteiger partial charge is 0.257 e. The van der Waals surface area contributed by atoms with Crippen LogP contribution < -0.4 is 10.1 Å². The van der Waals surface area contributed by atoms with Gasteiger partial charge >= 0.3 is 0 Å². The maximum Gasteiger partial charge on any atom is 0.257 e. The second-order valence-electron chi connectivity index (χ2n) is 6.72. The van der Waals surface area contributed by atoms with Gasteiger partial charge in [0.05, 0.1) is 30.0 Å². The fraction of sp³-hybridized carbons (Fsp3) is 0.286. The Balaban J connectivity index is 1.51. The molecule has 1 aromatic carbocycles. The largest absolute Gasteiger partial charge is 0.473 e. The number of pyridine rings is 2. The Labute approximate surface area is 167 Å². The first kappa shape index (κ1) is 18.7. The molecule has 3 aromatic rings. The number of hydrogen-bond acceptors (Lipinski definition) is 5. The summed E-state index contributed by atoms with van der Waals surface area (Å²) < 4.78 is 11.2. The number of amides is 1. The minimum atomic E-state index is -0.292. The van der Waals surface area contributed by atoms with E-state index < -0.39 is 0 Å². The molecule has 0 aliphatic carbocycles. The van der Waals surface area contributed by atoms with Crippen molar-refractivity contribution in [2.45, 2.75) is 25.9 Å². The van der Waals surface area contributed by atoms with E-state index >= 15 is 0 Å². The topological polar surface area (TPSA) is 73.3 Å². The number of nitrogens with zero attached hydrogens (tertiary/aromatic N) is 2. The van der Waals surface area contributed by atoms with Crippen LogP contribution in [0.4, 0.5) is 5.69 Å². The number of halogens is 1. The molecule has 7 heteroatoms. The maximum absolute atomic E-state index is 12.7. The average molecular weight is 398 g/mol. The van der Waals surface area contributed by atoms with Gasteiger partial charge in [0.2, 0.25) is 5.88 Å². The summed E-state index contributed by atoms with van der Waals surface area (Å²) in [6, 6.07) is 11.1. The minimum Gasteiger partial charge on any atom is -0.473 e. The summed E-state index contributed by atoms with van der Waals surface area (Å²) >= 11 is 6.30. The van der Waals surface area contributed by atoms with Crippen molar-refractivity contribution in [1.29, 1.82) is 0 Å². The van der Waals surface area contributed by atoms with E-state index in [9.17, 15) is 4.79 Å². The number of carbonyl (C=O) groups is 1. The summed E-state index contributed by atoms with van der Waals surface area (Å²) in [7, 11) is 0. The number of fused-ring (bicyclic) bond motifs is 1. The molecule has 0 atom stereocenters. The van der Waals surface area contributed by atoms with Crippen LogP contribution in [0.1, 0.15) is 28.9 Å². The first-order valence-electron chi connectivity index (χ1n) is 9.18. The number of aryl methyl sites for hydroxylation is 1. The van der Waals surface area contributed by atoms with Crippen molar-refractivity contribution in [2.24, 2.45) is 0 Å². The van der Waals surface area contributed by atoms with Crippen LogP contribution in [-0.4, -0.2) is 35.2 Å². The number of carbonyl (C=O) groups excluding carboxylic acids is 1. The highest BCUT2D eigenvalue weighted by Gasteiger charge is 2.19. The lowest BCUT2D eigenvalue weighted by Gasteiger charge is -2.23. The second-order valence-corrected chi connectivity index (χ2v) is 7.13. The van der Waals surface area contributed by atoms with Gasteiger partial charge in [-0.1, -0.05) is 17.7 Å². The Bertz CT molecular complexity index is 1020. The van der Waals surface area contributed by atoms with Crippen LogP contribution in [0.25, 0.3) is 10.9 Å². The molecule has 1 saturated heterocycles. The Morgan fingerprint density at radius 2 is 2.07 bits per heavy atom. The number of anilines is 1. The maximum atomic E-state index is 12.7. The van der Waals surface area contributed by atoms with Gasteiger partial charge in [0.15, 0.2) is 0 Å². The zero-order valence-electron chi connectivity index (χ0n) is 15.4. The Kier molecular flexibility index (Phi) is 5.41.